The van der Waals surface area contributed by atoms with Crippen LogP contribution in [0, 0.1) is 0 Å². The Hall–Kier alpha value is -2.05. The van der Waals surface area contributed by atoms with Crippen molar-refractivity contribution in [2.24, 2.45) is 7.05 Å². The normalized spacial score (nSPS) is 10.8. The molecule has 1 aromatic rings. The third-order valence-electron chi connectivity index (χ3n) is 1.63. The SMILES string of the molecule is Cn1ccnc1C(=O)ONC(=O)OC(C)(C)C. The second-order valence-electron chi connectivity index (χ2n) is 4.36. The van der Waals surface area contributed by atoms with Gasteiger partial charge in [-0.05, 0) is 20.8 Å². The second kappa shape index (κ2) is 4.86. The Labute approximate surface area is 98.7 Å². The van der Waals surface area contributed by atoms with E-state index >= 15 is 0 Å². The summed E-state index contributed by atoms with van der Waals surface area (Å²) in [6.45, 7) is 5.10. The van der Waals surface area contributed by atoms with E-state index in [1.54, 1.807) is 34.0 Å². The van der Waals surface area contributed by atoms with E-state index in [9.17, 15) is 9.59 Å². The van der Waals surface area contributed by atoms with Crippen molar-refractivity contribution in [1.82, 2.24) is 15.0 Å². The zero-order valence-electron chi connectivity index (χ0n) is 10.2. The first-order valence-electron chi connectivity index (χ1n) is 4.97. The van der Waals surface area contributed by atoms with Crippen LogP contribution in [0.25, 0.3) is 0 Å². The predicted octanol–water partition coefficient (Wildman–Crippen LogP) is 1.02. The van der Waals surface area contributed by atoms with Crippen molar-refractivity contribution >= 4 is 12.1 Å². The molecule has 0 unspecified atom stereocenters. The number of nitrogens with one attached hydrogen (secondary N) is 1. The molecule has 0 saturated carbocycles. The smallest absolute Gasteiger partial charge is 0.441 e. The maximum atomic E-state index is 11.4. The molecule has 1 amide bonds. The lowest BCUT2D eigenvalue weighted by Gasteiger charge is -2.19. The molecular weight excluding hydrogens is 226 g/mol. The topological polar surface area (TPSA) is 82.5 Å². The van der Waals surface area contributed by atoms with E-state index in [1.807, 2.05) is 5.48 Å². The molecule has 0 aliphatic carbocycles. The van der Waals surface area contributed by atoms with E-state index in [0.29, 0.717) is 0 Å². The van der Waals surface area contributed by atoms with Crippen molar-refractivity contribution < 1.29 is 19.2 Å². The summed E-state index contributed by atoms with van der Waals surface area (Å²) in [7, 11) is 1.64. The lowest BCUT2D eigenvalue weighted by atomic mass is 10.2. The van der Waals surface area contributed by atoms with Crippen LogP contribution < -0.4 is 5.48 Å². The van der Waals surface area contributed by atoms with Crippen LogP contribution in [0.4, 0.5) is 4.79 Å². The second-order valence-corrected chi connectivity index (χ2v) is 4.36. The third-order valence-corrected chi connectivity index (χ3v) is 1.63. The summed E-state index contributed by atoms with van der Waals surface area (Å²) in [6.07, 6.45) is 2.20. The molecule has 7 heteroatoms. The molecule has 1 rings (SSSR count). The summed E-state index contributed by atoms with van der Waals surface area (Å²) in [6, 6.07) is 0. The molecule has 17 heavy (non-hydrogen) atoms. The highest BCUT2D eigenvalue weighted by atomic mass is 16.7. The fourth-order valence-corrected chi connectivity index (χ4v) is 0.995. The first kappa shape index (κ1) is 13.0. The molecule has 0 radical (unpaired) electrons. The monoisotopic (exact) mass is 241 g/mol. The van der Waals surface area contributed by atoms with Crippen LogP contribution in [-0.4, -0.2) is 27.2 Å². The number of rotatable bonds is 1. The average molecular weight is 241 g/mol. The number of ether oxygens (including phenoxy) is 1. The molecule has 0 fully saturated rings. The van der Waals surface area contributed by atoms with Gasteiger partial charge in [-0.3, -0.25) is 0 Å². The molecular formula is C10H15N3O4. The van der Waals surface area contributed by atoms with Crippen molar-refractivity contribution in [3.05, 3.63) is 18.2 Å². The average Bonchev–Trinajstić information content (AvgIpc) is 2.58. The zero-order valence-corrected chi connectivity index (χ0v) is 10.2. The number of aromatic nitrogens is 2. The maximum absolute atomic E-state index is 11.4. The van der Waals surface area contributed by atoms with Gasteiger partial charge < -0.3 is 14.1 Å². The van der Waals surface area contributed by atoms with Gasteiger partial charge in [0.2, 0.25) is 5.82 Å². The van der Waals surface area contributed by atoms with Gasteiger partial charge in [0.1, 0.15) is 5.60 Å². The quantitative estimate of drug-likeness (QED) is 0.742. The molecule has 0 aliphatic rings. The van der Waals surface area contributed by atoms with E-state index in [4.69, 9.17) is 4.74 Å². The van der Waals surface area contributed by atoms with Crippen molar-refractivity contribution in [3.8, 4) is 0 Å². The molecule has 1 heterocycles. The minimum absolute atomic E-state index is 0.0843. The summed E-state index contributed by atoms with van der Waals surface area (Å²) >= 11 is 0. The van der Waals surface area contributed by atoms with E-state index in [-0.39, 0.29) is 5.82 Å². The fraction of sp³-hybridized carbons (Fsp3) is 0.500. The molecule has 1 N–H and O–H groups in total. The highest BCUT2D eigenvalue weighted by Crippen LogP contribution is 2.06. The van der Waals surface area contributed by atoms with Gasteiger partial charge in [-0.2, -0.15) is 0 Å². The van der Waals surface area contributed by atoms with Crippen LogP contribution in [0.3, 0.4) is 0 Å². The van der Waals surface area contributed by atoms with Gasteiger partial charge in [-0.25, -0.2) is 14.6 Å². The molecule has 0 atom stereocenters. The number of hydrogen-bond donors (Lipinski definition) is 1. The summed E-state index contributed by atoms with van der Waals surface area (Å²) in [5, 5.41) is 0. The van der Waals surface area contributed by atoms with E-state index in [2.05, 4.69) is 9.82 Å². The number of nitrogens with zero attached hydrogens (tertiary/aromatic N) is 2. The van der Waals surface area contributed by atoms with Gasteiger partial charge in [0.15, 0.2) is 0 Å². The molecule has 94 valence electrons. The Kier molecular flexibility index (Phi) is 3.72. The van der Waals surface area contributed by atoms with Gasteiger partial charge in [0.25, 0.3) is 0 Å². The van der Waals surface area contributed by atoms with Gasteiger partial charge in [0, 0.05) is 19.4 Å². The summed E-state index contributed by atoms with van der Waals surface area (Å²) < 4.78 is 6.35. The molecule has 0 aromatic carbocycles. The minimum Gasteiger partial charge on any atom is -0.442 e. The Bertz CT molecular complexity index is 419. The third kappa shape index (κ3) is 4.13. The Morgan fingerprint density at radius 2 is 2.06 bits per heavy atom. The largest absolute Gasteiger partial charge is 0.442 e. The molecule has 0 saturated heterocycles. The van der Waals surface area contributed by atoms with E-state index in [1.165, 1.54) is 10.8 Å². The number of amides is 1. The molecule has 7 nitrogen and oxygen atoms in total. The van der Waals surface area contributed by atoms with Gasteiger partial charge in [-0.1, -0.05) is 0 Å². The van der Waals surface area contributed by atoms with Crippen LogP contribution in [0.15, 0.2) is 12.4 Å². The van der Waals surface area contributed by atoms with Crippen molar-refractivity contribution in [3.63, 3.8) is 0 Å². The molecule has 0 aliphatic heterocycles. The fourth-order valence-electron chi connectivity index (χ4n) is 0.995. The number of aryl methyl sites for hydroxylation is 1. The van der Waals surface area contributed by atoms with Crippen LogP contribution in [0.1, 0.15) is 31.4 Å². The van der Waals surface area contributed by atoms with Crippen LogP contribution in [0.2, 0.25) is 0 Å². The zero-order chi connectivity index (χ0) is 13.1. The van der Waals surface area contributed by atoms with E-state index < -0.39 is 17.7 Å². The van der Waals surface area contributed by atoms with Crippen molar-refractivity contribution in [1.29, 1.82) is 0 Å². The summed E-state index contributed by atoms with van der Waals surface area (Å²) in [4.78, 5) is 30.9. The van der Waals surface area contributed by atoms with Crippen molar-refractivity contribution in [2.75, 3.05) is 0 Å². The lowest BCUT2D eigenvalue weighted by molar-refractivity contribution is -0.00229. The number of hydrogen-bond acceptors (Lipinski definition) is 5. The highest BCUT2D eigenvalue weighted by molar-refractivity contribution is 5.86. The number of carbonyl (C=O) groups excluding carboxylic acids is 2. The van der Waals surface area contributed by atoms with Crippen LogP contribution >= 0.6 is 0 Å². The van der Waals surface area contributed by atoms with Crippen LogP contribution in [-0.2, 0) is 16.6 Å². The standard InChI is InChI=1S/C10H15N3O4/c1-10(2,3)16-9(15)12-17-8(14)7-11-5-6-13(7)4/h5-6H,1-4H3,(H,12,15). The number of imidazole rings is 1. The van der Waals surface area contributed by atoms with Crippen LogP contribution in [0.5, 0.6) is 0 Å². The Morgan fingerprint density at radius 1 is 1.41 bits per heavy atom. The van der Waals surface area contributed by atoms with Gasteiger partial charge >= 0.3 is 12.1 Å². The number of carbonyl (C=O) groups is 2. The predicted molar refractivity (Wildman–Crippen MR) is 58.0 cm³/mol. The summed E-state index contributed by atoms with van der Waals surface area (Å²) in [5.74, 6) is -0.676. The van der Waals surface area contributed by atoms with Gasteiger partial charge in [0.05, 0.1) is 0 Å². The Morgan fingerprint density at radius 3 is 2.53 bits per heavy atom. The first-order valence-corrected chi connectivity index (χ1v) is 4.97. The summed E-state index contributed by atoms with van der Waals surface area (Å²) in [5.41, 5.74) is 1.24. The maximum Gasteiger partial charge on any atom is 0.441 e. The molecule has 0 spiro atoms. The first-order chi connectivity index (χ1) is 7.79. The Balaban J connectivity index is 2.45. The van der Waals surface area contributed by atoms with Crippen molar-refractivity contribution in [2.45, 2.75) is 26.4 Å². The molecule has 1 aromatic heterocycles. The van der Waals surface area contributed by atoms with Gasteiger partial charge in [-0.15, -0.1) is 5.48 Å². The highest BCUT2D eigenvalue weighted by Gasteiger charge is 2.19. The minimum atomic E-state index is -0.833. The number of hydroxylamine groups is 1. The molecule has 0 bridgehead atoms. The lowest BCUT2D eigenvalue weighted by Crippen LogP contribution is -2.34. The van der Waals surface area contributed by atoms with E-state index in [0.717, 1.165) is 0 Å².